The number of ether oxygens (including phenoxy) is 2. The zero-order valence-corrected chi connectivity index (χ0v) is 16.1. The number of hydrogen-bond acceptors (Lipinski definition) is 4. The summed E-state index contributed by atoms with van der Waals surface area (Å²) in [5.74, 6) is 1.22. The molecule has 7 rings (SSSR count). The van der Waals surface area contributed by atoms with Crippen LogP contribution >= 0.6 is 0 Å². The van der Waals surface area contributed by atoms with Gasteiger partial charge in [-0.25, -0.2) is 0 Å². The number of piperidine rings is 3. The monoisotopic (exact) mass is 366 g/mol. The molecule has 1 unspecified atom stereocenters. The molecule has 0 aliphatic carbocycles. The molecule has 27 heavy (non-hydrogen) atoms. The predicted molar refractivity (Wildman–Crippen MR) is 101 cm³/mol. The van der Waals surface area contributed by atoms with Crippen LogP contribution in [0.3, 0.4) is 0 Å². The van der Waals surface area contributed by atoms with Crippen molar-refractivity contribution in [2.24, 2.45) is 24.8 Å². The van der Waals surface area contributed by atoms with E-state index in [0.29, 0.717) is 23.9 Å². The number of aryl methyl sites for hydroxylation is 1. The van der Waals surface area contributed by atoms with E-state index in [1.165, 1.54) is 29.1 Å². The first-order chi connectivity index (χ1) is 13.1. The van der Waals surface area contributed by atoms with Crippen LogP contribution in [0, 0.1) is 17.8 Å². The molecule has 6 bridgehead atoms. The van der Waals surface area contributed by atoms with Gasteiger partial charge < -0.3 is 14.0 Å². The highest BCUT2D eigenvalue weighted by atomic mass is 16.6. The highest BCUT2D eigenvalue weighted by Gasteiger charge is 2.63. The van der Waals surface area contributed by atoms with Crippen LogP contribution in [-0.2, 0) is 27.7 Å². The van der Waals surface area contributed by atoms with Gasteiger partial charge in [0.2, 0.25) is 0 Å². The van der Waals surface area contributed by atoms with Crippen LogP contribution in [0.2, 0.25) is 0 Å². The fourth-order valence-electron chi connectivity index (χ4n) is 6.86. The summed E-state index contributed by atoms with van der Waals surface area (Å²) in [6.45, 7) is 4.52. The van der Waals surface area contributed by atoms with Gasteiger partial charge in [-0.2, -0.15) is 0 Å². The van der Waals surface area contributed by atoms with E-state index in [1.54, 1.807) is 0 Å². The van der Waals surface area contributed by atoms with Gasteiger partial charge in [-0.15, -0.1) is 0 Å². The Morgan fingerprint density at radius 1 is 1.26 bits per heavy atom. The molecule has 0 radical (unpaired) electrons. The maximum absolute atomic E-state index is 11.9. The summed E-state index contributed by atoms with van der Waals surface area (Å²) in [4.78, 5) is 14.5. The van der Waals surface area contributed by atoms with E-state index in [9.17, 15) is 4.79 Å². The molecule has 5 aliphatic heterocycles. The van der Waals surface area contributed by atoms with Crippen molar-refractivity contribution in [3.8, 4) is 0 Å². The Labute approximate surface area is 159 Å². The van der Waals surface area contributed by atoms with Crippen LogP contribution < -0.4 is 0 Å². The lowest BCUT2D eigenvalue weighted by Crippen LogP contribution is -2.72. The van der Waals surface area contributed by atoms with Gasteiger partial charge in [0.1, 0.15) is 0 Å². The number of hydrogen-bond donors (Lipinski definition) is 0. The lowest BCUT2D eigenvalue weighted by atomic mass is 9.59. The Bertz CT molecular complexity index is 950. The second-order valence-electron chi connectivity index (χ2n) is 8.85. The smallest absolute Gasteiger partial charge is 0.304 e. The minimum Gasteiger partial charge on any atom is -0.446 e. The van der Waals surface area contributed by atoms with Gasteiger partial charge in [-0.3, -0.25) is 9.69 Å². The molecule has 2 aromatic rings. The molecule has 6 heterocycles. The van der Waals surface area contributed by atoms with Gasteiger partial charge in [0.25, 0.3) is 0 Å². The standard InChI is InChI=1S/C22H26N2O3/c1-11-20-14-8-19-21-15(13-6-4-5-7-17(13)23(21)3)9-18(16(14)10-26-11)24(19)22(20)27-12(2)25/h4-7,11,14,16,18-20,22H,8-10H2,1-3H3/t11-,14+,16+,18-,19-,20-,22+/m0/s1. The van der Waals surface area contributed by atoms with Gasteiger partial charge in [0.15, 0.2) is 6.23 Å². The van der Waals surface area contributed by atoms with Crippen molar-refractivity contribution in [2.75, 3.05) is 6.61 Å². The quantitative estimate of drug-likeness (QED) is 0.728. The van der Waals surface area contributed by atoms with Gasteiger partial charge >= 0.3 is 5.97 Å². The van der Waals surface area contributed by atoms with E-state index >= 15 is 0 Å². The van der Waals surface area contributed by atoms with Crippen LogP contribution in [0.15, 0.2) is 24.3 Å². The molecule has 0 spiro atoms. The number of carbonyl (C=O) groups excluding carboxylic acids is 1. The van der Waals surface area contributed by atoms with Gasteiger partial charge in [-0.1, -0.05) is 18.2 Å². The van der Waals surface area contributed by atoms with E-state index < -0.39 is 0 Å². The summed E-state index contributed by atoms with van der Waals surface area (Å²) in [5, 5.41) is 1.38. The van der Waals surface area contributed by atoms with Crippen molar-refractivity contribution >= 4 is 16.9 Å². The van der Waals surface area contributed by atoms with Crippen molar-refractivity contribution in [1.29, 1.82) is 0 Å². The van der Waals surface area contributed by atoms with Crippen LogP contribution in [0.1, 0.15) is 37.6 Å². The molecule has 0 amide bonds. The molecule has 8 atom stereocenters. The summed E-state index contributed by atoms with van der Waals surface area (Å²) in [7, 11) is 2.19. The molecular weight excluding hydrogens is 340 g/mol. The maximum atomic E-state index is 11.9. The Morgan fingerprint density at radius 2 is 2.07 bits per heavy atom. The number of esters is 1. The maximum Gasteiger partial charge on any atom is 0.304 e. The van der Waals surface area contributed by atoms with E-state index in [0.717, 1.165) is 19.4 Å². The predicted octanol–water partition coefficient (Wildman–Crippen LogP) is 3.02. The third-order valence-corrected chi connectivity index (χ3v) is 7.77. The topological polar surface area (TPSA) is 43.7 Å². The van der Waals surface area contributed by atoms with E-state index in [-0.39, 0.29) is 24.2 Å². The first-order valence-electron chi connectivity index (χ1n) is 10.2. The number of rotatable bonds is 1. The molecular formula is C22H26N2O3. The van der Waals surface area contributed by atoms with Gasteiger partial charge in [0, 0.05) is 48.4 Å². The highest BCUT2D eigenvalue weighted by Crippen LogP contribution is 2.59. The summed E-state index contributed by atoms with van der Waals surface area (Å²) >= 11 is 0. The number of carbonyl (C=O) groups is 1. The lowest BCUT2D eigenvalue weighted by molar-refractivity contribution is -0.281. The average Bonchev–Trinajstić information content (AvgIpc) is 2.93. The molecule has 0 saturated carbocycles. The minimum absolute atomic E-state index is 0.145. The van der Waals surface area contributed by atoms with Gasteiger partial charge in [-0.05, 0) is 37.3 Å². The first-order valence-corrected chi connectivity index (χ1v) is 10.2. The molecule has 5 aliphatic rings. The summed E-state index contributed by atoms with van der Waals surface area (Å²) < 4.78 is 14.5. The normalized spacial score (nSPS) is 41.4. The minimum atomic E-state index is -0.183. The van der Waals surface area contributed by atoms with Crippen LogP contribution in [0.5, 0.6) is 0 Å². The molecule has 5 nitrogen and oxygen atoms in total. The van der Waals surface area contributed by atoms with Crippen LogP contribution in [-0.4, -0.2) is 40.4 Å². The Hall–Kier alpha value is -1.85. The van der Waals surface area contributed by atoms with Gasteiger partial charge in [0.05, 0.1) is 18.8 Å². The molecule has 5 heteroatoms. The zero-order valence-electron chi connectivity index (χ0n) is 16.1. The third kappa shape index (κ3) is 1.94. The molecule has 1 aromatic carbocycles. The summed E-state index contributed by atoms with van der Waals surface area (Å²) in [5.41, 5.74) is 4.24. The number of aromatic nitrogens is 1. The van der Waals surface area contributed by atoms with Crippen molar-refractivity contribution in [3.05, 3.63) is 35.5 Å². The number of benzene rings is 1. The number of fused-ring (bicyclic) bond motifs is 3. The SMILES string of the molecule is CC(=O)O[C@@H]1[C@@H]2[C@@H]3C[C@H]4c5c(c6ccccc6n5C)C[C@@H]([C@@H]3CO[C@H]2C)N14. The summed E-state index contributed by atoms with van der Waals surface area (Å²) in [6.07, 6.45) is 2.16. The lowest BCUT2D eigenvalue weighted by Gasteiger charge is -2.65. The fourth-order valence-corrected chi connectivity index (χ4v) is 6.86. The number of para-hydroxylation sites is 1. The van der Waals surface area contributed by atoms with Crippen molar-refractivity contribution < 1.29 is 14.3 Å². The number of nitrogens with zero attached hydrogens (tertiary/aromatic N) is 2. The van der Waals surface area contributed by atoms with E-state index in [1.807, 2.05) is 0 Å². The highest BCUT2D eigenvalue weighted by molar-refractivity contribution is 5.86. The van der Waals surface area contributed by atoms with Crippen LogP contribution in [0.25, 0.3) is 10.9 Å². The summed E-state index contributed by atoms with van der Waals surface area (Å²) in [6, 6.07) is 9.48. The molecule has 4 saturated heterocycles. The Kier molecular flexibility index (Phi) is 3.20. The zero-order chi connectivity index (χ0) is 18.4. The molecule has 4 fully saturated rings. The third-order valence-electron chi connectivity index (χ3n) is 7.77. The molecule has 1 aromatic heterocycles. The first kappa shape index (κ1) is 16.1. The average molecular weight is 366 g/mol. The van der Waals surface area contributed by atoms with Crippen molar-refractivity contribution in [3.63, 3.8) is 0 Å². The Morgan fingerprint density at radius 3 is 2.89 bits per heavy atom. The molecule has 142 valence electrons. The van der Waals surface area contributed by atoms with Crippen molar-refractivity contribution in [1.82, 2.24) is 9.47 Å². The van der Waals surface area contributed by atoms with E-state index in [4.69, 9.17) is 9.47 Å². The Balaban J connectivity index is 1.54. The van der Waals surface area contributed by atoms with Crippen molar-refractivity contribution in [2.45, 2.75) is 51.1 Å². The second kappa shape index (κ2) is 5.36. The molecule has 0 N–H and O–H groups in total. The second-order valence-corrected chi connectivity index (χ2v) is 8.85. The van der Waals surface area contributed by atoms with Crippen LogP contribution in [0.4, 0.5) is 0 Å². The largest absolute Gasteiger partial charge is 0.446 e. The van der Waals surface area contributed by atoms with E-state index in [2.05, 4.69) is 47.7 Å². The fraction of sp³-hybridized carbons (Fsp3) is 0.591.